The van der Waals surface area contributed by atoms with Crippen LogP contribution in [-0.4, -0.2) is 45.1 Å². The summed E-state index contributed by atoms with van der Waals surface area (Å²) in [4.78, 5) is 2.16. The molecule has 18 heavy (non-hydrogen) atoms. The number of aliphatic hydroxyl groups is 1. The van der Waals surface area contributed by atoms with E-state index in [1.54, 1.807) is 18.2 Å². The summed E-state index contributed by atoms with van der Waals surface area (Å²) < 4.78 is 26.6. The van der Waals surface area contributed by atoms with Crippen molar-refractivity contribution in [2.75, 3.05) is 26.7 Å². The zero-order chi connectivity index (χ0) is 13.6. The third-order valence-electron chi connectivity index (χ3n) is 2.76. The Hall–Kier alpha value is -0.950. The molecule has 0 bridgehead atoms. The fourth-order valence-electron chi connectivity index (χ4n) is 1.50. The van der Waals surface area contributed by atoms with Crippen LogP contribution in [0.2, 0.25) is 0 Å². The van der Waals surface area contributed by atoms with Crippen molar-refractivity contribution in [3.05, 3.63) is 29.8 Å². The number of hydrogen-bond donors (Lipinski definition) is 2. The summed E-state index contributed by atoms with van der Waals surface area (Å²) in [7, 11) is -1.62. The average molecular weight is 272 g/mol. The van der Waals surface area contributed by atoms with Crippen molar-refractivity contribution in [1.29, 1.82) is 0 Å². The van der Waals surface area contributed by atoms with E-state index in [2.05, 4.69) is 4.72 Å². The van der Waals surface area contributed by atoms with Gasteiger partial charge in [0, 0.05) is 13.1 Å². The highest BCUT2D eigenvalue weighted by Gasteiger charge is 2.16. The predicted molar refractivity (Wildman–Crippen MR) is 70.7 cm³/mol. The molecule has 1 aromatic carbocycles. The van der Waals surface area contributed by atoms with Crippen LogP contribution in [0, 0.1) is 0 Å². The van der Waals surface area contributed by atoms with Gasteiger partial charge in [-0.15, -0.1) is 0 Å². The number of nitrogens with one attached hydrogen (secondary N) is 1. The largest absolute Gasteiger partial charge is 0.392 e. The lowest BCUT2D eigenvalue weighted by Crippen LogP contribution is -2.33. The second-order valence-corrected chi connectivity index (χ2v) is 5.79. The van der Waals surface area contributed by atoms with Crippen LogP contribution in [0.15, 0.2) is 29.2 Å². The Bertz CT molecular complexity index is 474. The number of benzene rings is 1. The van der Waals surface area contributed by atoms with Gasteiger partial charge < -0.3 is 10.0 Å². The van der Waals surface area contributed by atoms with E-state index in [0.29, 0.717) is 18.7 Å². The second kappa shape index (κ2) is 6.84. The third kappa shape index (κ3) is 4.06. The van der Waals surface area contributed by atoms with Crippen molar-refractivity contribution in [1.82, 2.24) is 9.62 Å². The van der Waals surface area contributed by atoms with Crippen molar-refractivity contribution >= 4 is 10.0 Å². The highest BCUT2D eigenvalue weighted by molar-refractivity contribution is 7.89. The minimum absolute atomic E-state index is 0.145. The molecule has 0 aromatic heterocycles. The average Bonchev–Trinajstić information content (AvgIpc) is 2.38. The van der Waals surface area contributed by atoms with E-state index in [4.69, 9.17) is 5.11 Å². The molecule has 102 valence electrons. The van der Waals surface area contributed by atoms with Gasteiger partial charge >= 0.3 is 0 Å². The lowest BCUT2D eigenvalue weighted by molar-refractivity contribution is 0.278. The van der Waals surface area contributed by atoms with Gasteiger partial charge in [-0.25, -0.2) is 13.1 Å². The van der Waals surface area contributed by atoms with Crippen LogP contribution in [-0.2, 0) is 16.6 Å². The molecule has 0 amide bonds. The molecule has 0 saturated carbocycles. The number of hydrogen-bond acceptors (Lipinski definition) is 4. The van der Waals surface area contributed by atoms with Crippen molar-refractivity contribution in [3.8, 4) is 0 Å². The van der Waals surface area contributed by atoms with Crippen molar-refractivity contribution < 1.29 is 13.5 Å². The van der Waals surface area contributed by atoms with Gasteiger partial charge in [-0.05, 0) is 25.2 Å². The Kier molecular flexibility index (Phi) is 5.74. The van der Waals surface area contributed by atoms with E-state index in [1.807, 2.05) is 18.9 Å². The molecular weight excluding hydrogens is 252 g/mol. The maximum Gasteiger partial charge on any atom is 0.240 e. The van der Waals surface area contributed by atoms with Crippen LogP contribution in [0.25, 0.3) is 0 Å². The Morgan fingerprint density at radius 2 is 2.00 bits per heavy atom. The molecule has 1 rings (SSSR count). The first-order chi connectivity index (χ1) is 8.51. The first-order valence-corrected chi connectivity index (χ1v) is 7.36. The maximum absolute atomic E-state index is 12.0. The molecule has 0 atom stereocenters. The molecule has 0 unspecified atom stereocenters. The van der Waals surface area contributed by atoms with E-state index in [9.17, 15) is 8.42 Å². The molecule has 1 aromatic rings. The standard InChI is InChI=1S/C12H20N2O3S/c1-3-14(2)9-8-13-18(16,17)12-7-5-4-6-11(12)10-15/h4-7,13,15H,3,8-10H2,1-2H3. The number of sulfonamides is 1. The van der Waals surface area contributed by atoms with Crippen LogP contribution >= 0.6 is 0 Å². The van der Waals surface area contributed by atoms with Gasteiger partial charge in [0.05, 0.1) is 11.5 Å². The highest BCUT2D eigenvalue weighted by atomic mass is 32.2. The Morgan fingerprint density at radius 3 is 2.61 bits per heavy atom. The molecule has 0 aliphatic heterocycles. The Labute approximate surface area is 108 Å². The fraction of sp³-hybridized carbons (Fsp3) is 0.500. The first-order valence-electron chi connectivity index (χ1n) is 5.88. The number of aliphatic hydroxyl groups excluding tert-OH is 1. The number of likely N-dealkylation sites (N-methyl/N-ethyl adjacent to an activating group) is 1. The smallest absolute Gasteiger partial charge is 0.240 e. The molecular formula is C12H20N2O3S. The lowest BCUT2D eigenvalue weighted by atomic mass is 10.2. The van der Waals surface area contributed by atoms with Crippen LogP contribution in [0.4, 0.5) is 0 Å². The van der Waals surface area contributed by atoms with E-state index in [-0.39, 0.29) is 11.5 Å². The molecule has 0 radical (unpaired) electrons. The summed E-state index contributed by atoms with van der Waals surface area (Å²) in [6.07, 6.45) is 0. The third-order valence-corrected chi connectivity index (χ3v) is 4.32. The SMILES string of the molecule is CCN(C)CCNS(=O)(=O)c1ccccc1CO. The molecule has 0 spiro atoms. The first kappa shape index (κ1) is 15.1. The van der Waals surface area contributed by atoms with Crippen LogP contribution in [0.5, 0.6) is 0 Å². The predicted octanol–water partition coefficient (Wildman–Crippen LogP) is 0.409. The Balaban J connectivity index is 2.74. The quantitative estimate of drug-likeness (QED) is 0.754. The van der Waals surface area contributed by atoms with Crippen LogP contribution in [0.1, 0.15) is 12.5 Å². The topological polar surface area (TPSA) is 69.6 Å². The van der Waals surface area contributed by atoms with Crippen molar-refractivity contribution in [2.45, 2.75) is 18.4 Å². The van der Waals surface area contributed by atoms with Gasteiger partial charge in [-0.3, -0.25) is 0 Å². The van der Waals surface area contributed by atoms with E-state index in [0.717, 1.165) is 6.54 Å². The van der Waals surface area contributed by atoms with E-state index >= 15 is 0 Å². The lowest BCUT2D eigenvalue weighted by Gasteiger charge is -2.15. The van der Waals surface area contributed by atoms with E-state index < -0.39 is 10.0 Å². The summed E-state index contributed by atoms with van der Waals surface area (Å²) in [5, 5.41) is 9.13. The fourth-order valence-corrected chi connectivity index (χ4v) is 2.75. The zero-order valence-corrected chi connectivity index (χ0v) is 11.6. The number of nitrogens with zero attached hydrogens (tertiary/aromatic N) is 1. The second-order valence-electron chi connectivity index (χ2n) is 4.06. The van der Waals surface area contributed by atoms with Gasteiger partial charge in [0.2, 0.25) is 10.0 Å². The van der Waals surface area contributed by atoms with E-state index in [1.165, 1.54) is 6.07 Å². The van der Waals surface area contributed by atoms with Gasteiger partial charge in [0.15, 0.2) is 0 Å². The minimum atomic E-state index is -3.54. The van der Waals surface area contributed by atoms with Gasteiger partial charge in [0.1, 0.15) is 0 Å². The van der Waals surface area contributed by atoms with Crippen molar-refractivity contribution in [2.24, 2.45) is 0 Å². The molecule has 0 saturated heterocycles. The van der Waals surface area contributed by atoms with Gasteiger partial charge in [-0.2, -0.15) is 0 Å². The van der Waals surface area contributed by atoms with Gasteiger partial charge in [-0.1, -0.05) is 25.1 Å². The highest BCUT2D eigenvalue weighted by Crippen LogP contribution is 2.14. The summed E-state index contributed by atoms with van der Waals surface area (Å²) in [6.45, 7) is 3.60. The maximum atomic E-state index is 12.0. The summed E-state index contributed by atoms with van der Waals surface area (Å²) in [5.41, 5.74) is 0.411. The molecule has 0 heterocycles. The monoisotopic (exact) mass is 272 g/mol. The van der Waals surface area contributed by atoms with Gasteiger partial charge in [0.25, 0.3) is 0 Å². The van der Waals surface area contributed by atoms with Crippen molar-refractivity contribution in [3.63, 3.8) is 0 Å². The normalized spacial score (nSPS) is 12.0. The minimum Gasteiger partial charge on any atom is -0.392 e. The summed E-state index contributed by atoms with van der Waals surface area (Å²) in [6, 6.07) is 6.45. The summed E-state index contributed by atoms with van der Waals surface area (Å²) in [5.74, 6) is 0. The van der Waals surface area contributed by atoms with Crippen LogP contribution < -0.4 is 4.72 Å². The molecule has 0 fully saturated rings. The Morgan fingerprint density at radius 1 is 1.33 bits per heavy atom. The van der Waals surface area contributed by atoms with Crippen LogP contribution in [0.3, 0.4) is 0 Å². The summed E-state index contributed by atoms with van der Waals surface area (Å²) >= 11 is 0. The molecule has 2 N–H and O–H groups in total. The number of rotatable bonds is 7. The zero-order valence-electron chi connectivity index (χ0n) is 10.8. The molecule has 0 aliphatic carbocycles. The molecule has 0 aliphatic rings. The molecule has 6 heteroatoms. The molecule has 5 nitrogen and oxygen atoms in total.